The Morgan fingerprint density at radius 2 is 1.61 bits per heavy atom. The van der Waals surface area contributed by atoms with Crippen LogP contribution in [0, 0.1) is 0 Å². The molecule has 2 saturated heterocycles. The Morgan fingerprint density at radius 3 is 2.19 bits per heavy atom. The molecule has 7 atom stereocenters. The number of aliphatic hydroxyl groups excluding tert-OH is 1. The van der Waals surface area contributed by atoms with Crippen LogP contribution in [-0.2, 0) is 39.8 Å². The zero-order valence-electron chi connectivity index (χ0n) is 19.1. The zero-order valence-corrected chi connectivity index (χ0v) is 19.1. The first-order chi connectivity index (χ1) is 14.9. The van der Waals surface area contributed by atoms with Gasteiger partial charge in [0.05, 0.1) is 13.2 Å². The summed E-state index contributed by atoms with van der Waals surface area (Å²) in [5, 5.41) is 10.0. The lowest BCUT2D eigenvalue weighted by Gasteiger charge is -2.57. The topological polar surface area (TPSA) is 84.8 Å². The molecule has 0 aliphatic carbocycles. The lowest BCUT2D eigenvalue weighted by molar-refractivity contribution is -0.481. The van der Waals surface area contributed by atoms with E-state index in [2.05, 4.69) is 6.92 Å². The maximum Gasteiger partial charge on any atom is 0.220 e. The SMILES string of the molecule is CCCCO[C@@H]1O[C@H](CO)[C@H]2O[C@](C)(OC)[C@@](C)(OC)O[C@@H]2[C@H]1OCc1ccccc1. The summed E-state index contributed by atoms with van der Waals surface area (Å²) in [5.74, 6) is -2.41. The fourth-order valence-electron chi connectivity index (χ4n) is 3.92. The van der Waals surface area contributed by atoms with E-state index in [1.165, 1.54) is 7.11 Å². The molecule has 1 aromatic rings. The molecular formula is C23H36O8. The van der Waals surface area contributed by atoms with Crippen molar-refractivity contribution in [2.75, 3.05) is 27.4 Å². The molecular weight excluding hydrogens is 404 g/mol. The minimum Gasteiger partial charge on any atom is -0.394 e. The second-order valence-corrected chi connectivity index (χ2v) is 8.18. The second kappa shape index (κ2) is 10.7. The van der Waals surface area contributed by atoms with Gasteiger partial charge in [-0.2, -0.15) is 0 Å². The molecule has 2 aliphatic rings. The van der Waals surface area contributed by atoms with Gasteiger partial charge >= 0.3 is 0 Å². The quantitative estimate of drug-likeness (QED) is 0.556. The fourth-order valence-corrected chi connectivity index (χ4v) is 3.92. The smallest absolute Gasteiger partial charge is 0.220 e. The molecule has 8 nitrogen and oxygen atoms in total. The van der Waals surface area contributed by atoms with Gasteiger partial charge in [0.25, 0.3) is 0 Å². The largest absolute Gasteiger partial charge is 0.394 e. The van der Waals surface area contributed by atoms with E-state index in [9.17, 15) is 5.11 Å². The summed E-state index contributed by atoms with van der Waals surface area (Å²) < 4.78 is 42.4. The van der Waals surface area contributed by atoms with Crippen molar-refractivity contribution in [3.63, 3.8) is 0 Å². The molecule has 0 spiro atoms. The minimum atomic E-state index is -1.21. The summed E-state index contributed by atoms with van der Waals surface area (Å²) in [6.45, 7) is 6.20. The van der Waals surface area contributed by atoms with Gasteiger partial charge < -0.3 is 38.3 Å². The van der Waals surface area contributed by atoms with Crippen LogP contribution in [-0.4, -0.2) is 74.8 Å². The Kier molecular flexibility index (Phi) is 8.45. The van der Waals surface area contributed by atoms with Crippen LogP contribution < -0.4 is 0 Å². The molecule has 2 aliphatic heterocycles. The minimum absolute atomic E-state index is 0.257. The third-order valence-electron chi connectivity index (χ3n) is 6.16. The first-order valence-electron chi connectivity index (χ1n) is 10.9. The Balaban J connectivity index is 1.88. The standard InChI is InChI=1S/C23H36O8/c1-6-7-13-27-21-20(28-15-16-11-9-8-10-12-16)19-18(17(14-24)29-21)30-22(2,25-4)23(3,26-5)31-19/h8-12,17-21,24H,6-7,13-15H2,1-5H3/t17-,18-,19+,20-,21-,22+,23+/m1/s1. The monoisotopic (exact) mass is 440 g/mol. The first kappa shape index (κ1) is 24.5. The van der Waals surface area contributed by atoms with Crippen molar-refractivity contribution >= 4 is 0 Å². The van der Waals surface area contributed by atoms with Crippen LogP contribution >= 0.6 is 0 Å². The lowest BCUT2D eigenvalue weighted by Crippen LogP contribution is -2.73. The Bertz CT molecular complexity index is 673. The summed E-state index contributed by atoms with van der Waals surface area (Å²) in [6, 6.07) is 9.86. The number of ether oxygens (including phenoxy) is 7. The predicted molar refractivity (Wildman–Crippen MR) is 112 cm³/mol. The molecule has 0 saturated carbocycles. The third kappa shape index (κ3) is 5.12. The molecule has 0 aromatic heterocycles. The van der Waals surface area contributed by atoms with Gasteiger partial charge in [0.2, 0.25) is 11.6 Å². The molecule has 31 heavy (non-hydrogen) atoms. The highest BCUT2D eigenvalue weighted by Gasteiger charge is 2.62. The van der Waals surface area contributed by atoms with E-state index in [4.69, 9.17) is 33.2 Å². The number of rotatable bonds is 10. The Labute approximate surface area is 184 Å². The molecule has 0 radical (unpaired) electrons. The van der Waals surface area contributed by atoms with Crippen molar-refractivity contribution in [3.05, 3.63) is 35.9 Å². The molecule has 0 bridgehead atoms. The molecule has 1 N–H and O–H groups in total. The molecule has 2 heterocycles. The highest BCUT2D eigenvalue weighted by atomic mass is 16.8. The summed E-state index contributed by atoms with van der Waals surface area (Å²) in [4.78, 5) is 0. The van der Waals surface area contributed by atoms with Crippen LogP contribution in [0.3, 0.4) is 0 Å². The number of hydrogen-bond donors (Lipinski definition) is 1. The first-order valence-corrected chi connectivity index (χ1v) is 10.9. The molecule has 0 amide bonds. The normalized spacial score (nSPS) is 38.1. The van der Waals surface area contributed by atoms with Gasteiger partial charge in [0, 0.05) is 20.8 Å². The summed E-state index contributed by atoms with van der Waals surface area (Å²) in [7, 11) is 3.07. The Morgan fingerprint density at radius 1 is 0.968 bits per heavy atom. The van der Waals surface area contributed by atoms with Gasteiger partial charge in [0.15, 0.2) is 6.29 Å². The number of hydrogen-bond acceptors (Lipinski definition) is 8. The zero-order chi connectivity index (χ0) is 22.5. The molecule has 0 unspecified atom stereocenters. The van der Waals surface area contributed by atoms with E-state index < -0.39 is 42.3 Å². The highest BCUT2D eigenvalue weighted by molar-refractivity contribution is 5.13. The molecule has 3 rings (SSSR count). The van der Waals surface area contributed by atoms with Crippen LogP contribution in [0.4, 0.5) is 0 Å². The average molecular weight is 441 g/mol. The summed E-state index contributed by atoms with van der Waals surface area (Å²) in [6.07, 6.45) is -1.34. The number of aliphatic hydroxyl groups is 1. The van der Waals surface area contributed by atoms with Crippen molar-refractivity contribution in [1.82, 2.24) is 0 Å². The van der Waals surface area contributed by atoms with E-state index >= 15 is 0 Å². The molecule has 8 heteroatoms. The average Bonchev–Trinajstić information content (AvgIpc) is 2.79. The van der Waals surface area contributed by atoms with E-state index in [1.807, 2.05) is 30.3 Å². The second-order valence-electron chi connectivity index (χ2n) is 8.18. The van der Waals surface area contributed by atoms with Crippen molar-refractivity contribution < 1.29 is 38.3 Å². The van der Waals surface area contributed by atoms with Crippen molar-refractivity contribution in [2.24, 2.45) is 0 Å². The van der Waals surface area contributed by atoms with Crippen LogP contribution in [0.5, 0.6) is 0 Å². The van der Waals surface area contributed by atoms with Gasteiger partial charge in [-0.05, 0) is 25.8 Å². The third-order valence-corrected chi connectivity index (χ3v) is 6.16. The van der Waals surface area contributed by atoms with E-state index in [0.717, 1.165) is 18.4 Å². The van der Waals surface area contributed by atoms with Gasteiger partial charge in [-0.25, -0.2) is 0 Å². The summed E-state index contributed by atoms with van der Waals surface area (Å²) >= 11 is 0. The van der Waals surface area contributed by atoms with E-state index in [0.29, 0.717) is 13.2 Å². The van der Waals surface area contributed by atoms with E-state index in [1.54, 1.807) is 21.0 Å². The van der Waals surface area contributed by atoms with Crippen molar-refractivity contribution in [1.29, 1.82) is 0 Å². The highest BCUT2D eigenvalue weighted by Crippen LogP contribution is 2.44. The van der Waals surface area contributed by atoms with Crippen molar-refractivity contribution in [3.8, 4) is 0 Å². The number of unbranched alkanes of at least 4 members (excludes halogenated alkanes) is 1. The van der Waals surface area contributed by atoms with Gasteiger partial charge in [-0.1, -0.05) is 43.7 Å². The molecule has 2 fully saturated rings. The number of fused-ring (bicyclic) bond motifs is 1. The lowest BCUT2D eigenvalue weighted by atomic mass is 9.94. The van der Waals surface area contributed by atoms with Gasteiger partial charge in [-0.3, -0.25) is 0 Å². The predicted octanol–water partition coefficient (Wildman–Crippen LogP) is 2.61. The van der Waals surface area contributed by atoms with Crippen LogP contribution in [0.15, 0.2) is 30.3 Å². The van der Waals surface area contributed by atoms with Crippen LogP contribution in [0.25, 0.3) is 0 Å². The fraction of sp³-hybridized carbons (Fsp3) is 0.739. The maximum atomic E-state index is 10.0. The molecule has 176 valence electrons. The van der Waals surface area contributed by atoms with Crippen molar-refractivity contribution in [2.45, 2.75) is 82.5 Å². The van der Waals surface area contributed by atoms with Gasteiger partial charge in [0.1, 0.15) is 24.4 Å². The maximum absolute atomic E-state index is 10.0. The van der Waals surface area contributed by atoms with Crippen LogP contribution in [0.1, 0.15) is 39.2 Å². The Hall–Kier alpha value is -1.10. The van der Waals surface area contributed by atoms with Crippen LogP contribution in [0.2, 0.25) is 0 Å². The summed E-state index contributed by atoms with van der Waals surface area (Å²) in [5.41, 5.74) is 1.02. The van der Waals surface area contributed by atoms with E-state index in [-0.39, 0.29) is 6.61 Å². The number of benzene rings is 1. The van der Waals surface area contributed by atoms with Gasteiger partial charge in [-0.15, -0.1) is 0 Å². The number of methoxy groups -OCH3 is 2. The molecule has 1 aromatic carbocycles.